The summed E-state index contributed by atoms with van der Waals surface area (Å²) in [5.41, 5.74) is 6.24. The molecule has 0 aliphatic carbocycles. The standard InChI is InChI=1S/C14H23N3O.ClH/c1-3-9-14(2,15)13(18)17-11-6-8-12-7-4-5-10-16-12;/h4-5,7,10H,3,6,8-9,11,15H2,1-2H3,(H,17,18);1H. The Labute approximate surface area is 121 Å². The molecule has 1 aromatic rings. The maximum absolute atomic E-state index is 11.8. The molecule has 1 aromatic heterocycles. The lowest BCUT2D eigenvalue weighted by molar-refractivity contribution is -0.126. The van der Waals surface area contributed by atoms with Crippen molar-refractivity contribution in [3.63, 3.8) is 0 Å². The third-order valence-electron chi connectivity index (χ3n) is 2.91. The number of hydrogen-bond acceptors (Lipinski definition) is 3. The van der Waals surface area contributed by atoms with Gasteiger partial charge in [0.05, 0.1) is 5.54 Å². The van der Waals surface area contributed by atoms with Gasteiger partial charge in [-0.3, -0.25) is 9.78 Å². The van der Waals surface area contributed by atoms with E-state index in [0.29, 0.717) is 13.0 Å². The van der Waals surface area contributed by atoms with Gasteiger partial charge in [0, 0.05) is 18.4 Å². The lowest BCUT2D eigenvalue weighted by Crippen LogP contribution is -2.51. The molecule has 19 heavy (non-hydrogen) atoms. The Morgan fingerprint density at radius 1 is 1.47 bits per heavy atom. The van der Waals surface area contributed by atoms with E-state index in [4.69, 9.17) is 5.73 Å². The van der Waals surface area contributed by atoms with Crippen molar-refractivity contribution in [3.05, 3.63) is 30.1 Å². The molecular formula is C14H24ClN3O. The largest absolute Gasteiger partial charge is 0.355 e. The molecule has 1 atom stereocenters. The lowest BCUT2D eigenvalue weighted by Gasteiger charge is -2.22. The van der Waals surface area contributed by atoms with Crippen LogP contribution in [-0.4, -0.2) is 23.0 Å². The van der Waals surface area contributed by atoms with Crippen LogP contribution in [0.1, 0.15) is 38.8 Å². The van der Waals surface area contributed by atoms with Crippen molar-refractivity contribution in [2.75, 3.05) is 6.54 Å². The Hall–Kier alpha value is -1.13. The number of carbonyl (C=O) groups excluding carboxylic acids is 1. The average Bonchev–Trinajstić information content (AvgIpc) is 2.35. The molecule has 0 aliphatic heterocycles. The van der Waals surface area contributed by atoms with Crippen molar-refractivity contribution in [2.24, 2.45) is 5.73 Å². The lowest BCUT2D eigenvalue weighted by atomic mass is 9.96. The van der Waals surface area contributed by atoms with E-state index >= 15 is 0 Å². The summed E-state index contributed by atoms with van der Waals surface area (Å²) in [5, 5.41) is 2.89. The summed E-state index contributed by atoms with van der Waals surface area (Å²) >= 11 is 0. The SMILES string of the molecule is CCCC(C)(N)C(=O)NCCCc1ccccn1.Cl. The van der Waals surface area contributed by atoms with Gasteiger partial charge in [0.1, 0.15) is 0 Å². The third kappa shape index (κ3) is 6.55. The number of pyridine rings is 1. The molecule has 1 amide bonds. The van der Waals surface area contributed by atoms with Gasteiger partial charge in [-0.05, 0) is 38.3 Å². The highest BCUT2D eigenvalue weighted by atomic mass is 35.5. The van der Waals surface area contributed by atoms with Gasteiger partial charge in [-0.15, -0.1) is 12.4 Å². The second-order valence-electron chi connectivity index (χ2n) is 4.85. The minimum absolute atomic E-state index is 0. The topological polar surface area (TPSA) is 68.0 Å². The minimum Gasteiger partial charge on any atom is -0.355 e. The second kappa shape index (κ2) is 8.88. The summed E-state index contributed by atoms with van der Waals surface area (Å²) in [6.07, 6.45) is 5.15. The summed E-state index contributed by atoms with van der Waals surface area (Å²) < 4.78 is 0. The zero-order valence-corrected chi connectivity index (χ0v) is 12.5. The molecular weight excluding hydrogens is 262 g/mol. The predicted octanol–water partition coefficient (Wildman–Crippen LogP) is 2.07. The summed E-state index contributed by atoms with van der Waals surface area (Å²) in [5.74, 6) is -0.0645. The molecule has 0 bridgehead atoms. The molecule has 1 rings (SSSR count). The van der Waals surface area contributed by atoms with Gasteiger partial charge < -0.3 is 11.1 Å². The fourth-order valence-corrected chi connectivity index (χ4v) is 1.85. The summed E-state index contributed by atoms with van der Waals surface area (Å²) in [6.45, 7) is 4.45. The Morgan fingerprint density at radius 2 is 2.21 bits per heavy atom. The molecule has 5 heteroatoms. The van der Waals surface area contributed by atoms with Crippen molar-refractivity contribution < 1.29 is 4.79 Å². The van der Waals surface area contributed by atoms with Crippen molar-refractivity contribution in [1.82, 2.24) is 10.3 Å². The average molecular weight is 286 g/mol. The van der Waals surface area contributed by atoms with Crippen LogP contribution in [0.3, 0.4) is 0 Å². The molecule has 108 valence electrons. The van der Waals surface area contributed by atoms with Crippen molar-refractivity contribution in [1.29, 1.82) is 0 Å². The highest BCUT2D eigenvalue weighted by Gasteiger charge is 2.26. The molecule has 0 fully saturated rings. The van der Waals surface area contributed by atoms with E-state index in [-0.39, 0.29) is 18.3 Å². The summed E-state index contributed by atoms with van der Waals surface area (Å²) in [7, 11) is 0. The number of rotatable bonds is 7. The van der Waals surface area contributed by atoms with E-state index in [9.17, 15) is 4.79 Å². The maximum atomic E-state index is 11.8. The maximum Gasteiger partial charge on any atom is 0.239 e. The minimum atomic E-state index is -0.750. The number of hydrogen-bond donors (Lipinski definition) is 2. The van der Waals surface area contributed by atoms with E-state index in [1.165, 1.54) is 0 Å². The van der Waals surface area contributed by atoms with Crippen molar-refractivity contribution in [3.8, 4) is 0 Å². The van der Waals surface area contributed by atoms with Gasteiger partial charge in [0.15, 0.2) is 0 Å². The quantitative estimate of drug-likeness (QED) is 0.754. The molecule has 1 unspecified atom stereocenters. The first-order valence-electron chi connectivity index (χ1n) is 6.53. The molecule has 0 aliphatic rings. The van der Waals surface area contributed by atoms with Crippen LogP contribution in [-0.2, 0) is 11.2 Å². The molecule has 1 heterocycles. The number of nitrogens with two attached hydrogens (primary N) is 1. The van der Waals surface area contributed by atoms with Crippen LogP contribution in [0.2, 0.25) is 0 Å². The van der Waals surface area contributed by atoms with Crippen LogP contribution in [0.4, 0.5) is 0 Å². The predicted molar refractivity (Wildman–Crippen MR) is 80.3 cm³/mol. The zero-order chi connectivity index (χ0) is 13.4. The number of carbonyl (C=O) groups is 1. The van der Waals surface area contributed by atoms with E-state index in [1.54, 1.807) is 13.1 Å². The Kier molecular flexibility index (Phi) is 8.35. The van der Waals surface area contributed by atoms with Gasteiger partial charge >= 0.3 is 0 Å². The molecule has 0 radical (unpaired) electrons. The molecule has 0 saturated carbocycles. The Balaban J connectivity index is 0.00000324. The van der Waals surface area contributed by atoms with E-state index < -0.39 is 5.54 Å². The Bertz CT molecular complexity index is 368. The van der Waals surface area contributed by atoms with Gasteiger partial charge in [0.25, 0.3) is 0 Å². The van der Waals surface area contributed by atoms with Crippen LogP contribution < -0.4 is 11.1 Å². The number of nitrogens with zero attached hydrogens (tertiary/aromatic N) is 1. The number of nitrogens with one attached hydrogen (secondary N) is 1. The van der Waals surface area contributed by atoms with Crippen LogP contribution in [0.5, 0.6) is 0 Å². The smallest absolute Gasteiger partial charge is 0.239 e. The molecule has 0 spiro atoms. The van der Waals surface area contributed by atoms with Crippen molar-refractivity contribution in [2.45, 2.75) is 45.1 Å². The number of amides is 1. The van der Waals surface area contributed by atoms with E-state index in [0.717, 1.165) is 25.0 Å². The first-order valence-corrected chi connectivity index (χ1v) is 6.53. The van der Waals surface area contributed by atoms with E-state index in [1.807, 2.05) is 25.1 Å². The van der Waals surface area contributed by atoms with Crippen LogP contribution in [0.25, 0.3) is 0 Å². The van der Waals surface area contributed by atoms with Crippen LogP contribution >= 0.6 is 12.4 Å². The summed E-state index contributed by atoms with van der Waals surface area (Å²) in [4.78, 5) is 16.1. The molecule has 4 nitrogen and oxygen atoms in total. The van der Waals surface area contributed by atoms with Gasteiger partial charge in [-0.1, -0.05) is 19.4 Å². The highest BCUT2D eigenvalue weighted by molar-refractivity contribution is 5.85. The van der Waals surface area contributed by atoms with Crippen molar-refractivity contribution >= 4 is 18.3 Å². The van der Waals surface area contributed by atoms with Crippen LogP contribution in [0.15, 0.2) is 24.4 Å². The normalized spacial score (nSPS) is 13.2. The van der Waals surface area contributed by atoms with Crippen LogP contribution in [0, 0.1) is 0 Å². The first kappa shape index (κ1) is 17.9. The fraction of sp³-hybridized carbons (Fsp3) is 0.571. The highest BCUT2D eigenvalue weighted by Crippen LogP contribution is 2.08. The summed E-state index contributed by atoms with van der Waals surface area (Å²) in [6, 6.07) is 5.86. The second-order valence-corrected chi connectivity index (χ2v) is 4.85. The monoisotopic (exact) mass is 285 g/mol. The number of aromatic nitrogens is 1. The van der Waals surface area contributed by atoms with Gasteiger partial charge in [0.2, 0.25) is 5.91 Å². The van der Waals surface area contributed by atoms with Gasteiger partial charge in [-0.25, -0.2) is 0 Å². The zero-order valence-electron chi connectivity index (χ0n) is 11.7. The third-order valence-corrected chi connectivity index (χ3v) is 2.91. The first-order chi connectivity index (χ1) is 8.56. The van der Waals surface area contributed by atoms with Gasteiger partial charge in [-0.2, -0.15) is 0 Å². The Morgan fingerprint density at radius 3 is 2.79 bits per heavy atom. The fourth-order valence-electron chi connectivity index (χ4n) is 1.85. The molecule has 0 saturated heterocycles. The number of aryl methyl sites for hydroxylation is 1. The molecule has 0 aromatic carbocycles. The van der Waals surface area contributed by atoms with E-state index in [2.05, 4.69) is 10.3 Å². The molecule has 3 N–H and O–H groups in total. The number of halogens is 1.